The highest BCUT2D eigenvalue weighted by Gasteiger charge is 2.20. The standard InChI is InChI=1S/C51H31N3O/c1-2-13-35(14-3-1)49-52-50(42-23-20-34-12-6-9-17-38(34)28-42)54-51(53-49)43-30-44(41-22-19-33-11-5-8-16-37(33)27-41)48-45-29-40(24-25-46(45)55-47(48)31-43)39-21-18-32-10-4-7-15-36(32)26-39/h1-31H. The average Bonchev–Trinajstić information content (AvgIpc) is 3.63. The second-order valence-corrected chi connectivity index (χ2v) is 14.1. The molecule has 0 aliphatic heterocycles. The third-order valence-corrected chi connectivity index (χ3v) is 10.6. The number of fused-ring (bicyclic) bond motifs is 6. The Hall–Kier alpha value is -7.43. The Balaban J connectivity index is 1.15. The Morgan fingerprint density at radius 1 is 0.291 bits per heavy atom. The monoisotopic (exact) mass is 701 g/mol. The van der Waals surface area contributed by atoms with Crippen molar-refractivity contribution in [3.8, 4) is 56.4 Å². The van der Waals surface area contributed by atoms with Crippen molar-refractivity contribution in [1.82, 2.24) is 15.0 Å². The normalized spacial score (nSPS) is 11.6. The number of aromatic nitrogens is 3. The molecular formula is C51H31N3O. The van der Waals surface area contributed by atoms with E-state index < -0.39 is 0 Å². The van der Waals surface area contributed by atoms with Crippen LogP contribution in [0.15, 0.2) is 192 Å². The molecular weight excluding hydrogens is 671 g/mol. The van der Waals surface area contributed by atoms with Gasteiger partial charge in [0.25, 0.3) is 0 Å². The van der Waals surface area contributed by atoms with Crippen LogP contribution in [0.3, 0.4) is 0 Å². The lowest BCUT2D eigenvalue weighted by Gasteiger charge is -2.12. The molecule has 0 saturated carbocycles. The van der Waals surface area contributed by atoms with Gasteiger partial charge in [-0.15, -0.1) is 0 Å². The topological polar surface area (TPSA) is 51.8 Å². The summed E-state index contributed by atoms with van der Waals surface area (Å²) < 4.78 is 6.73. The highest BCUT2D eigenvalue weighted by atomic mass is 16.3. The highest BCUT2D eigenvalue weighted by molar-refractivity contribution is 6.15. The van der Waals surface area contributed by atoms with E-state index in [1.165, 1.54) is 32.5 Å². The molecule has 256 valence electrons. The van der Waals surface area contributed by atoms with Crippen molar-refractivity contribution >= 4 is 54.3 Å². The fraction of sp³-hybridized carbons (Fsp3) is 0. The number of hydrogen-bond acceptors (Lipinski definition) is 4. The molecule has 0 aliphatic rings. The lowest BCUT2D eigenvalue weighted by molar-refractivity contribution is 0.669. The van der Waals surface area contributed by atoms with Crippen LogP contribution in [0.2, 0.25) is 0 Å². The van der Waals surface area contributed by atoms with Crippen LogP contribution in [-0.4, -0.2) is 15.0 Å². The minimum Gasteiger partial charge on any atom is -0.456 e. The van der Waals surface area contributed by atoms with Gasteiger partial charge in [-0.05, 0) is 97.0 Å². The Labute approximate surface area is 317 Å². The molecule has 0 aliphatic carbocycles. The van der Waals surface area contributed by atoms with Gasteiger partial charge >= 0.3 is 0 Å². The summed E-state index contributed by atoms with van der Waals surface area (Å²) in [6, 6.07) is 66.0. The van der Waals surface area contributed by atoms with E-state index in [9.17, 15) is 0 Å². The van der Waals surface area contributed by atoms with Crippen molar-refractivity contribution in [2.24, 2.45) is 0 Å². The molecule has 0 unspecified atom stereocenters. The summed E-state index contributed by atoms with van der Waals surface area (Å²) in [5, 5.41) is 9.24. The molecule has 2 heterocycles. The number of nitrogens with zero attached hydrogens (tertiary/aromatic N) is 3. The summed E-state index contributed by atoms with van der Waals surface area (Å²) in [4.78, 5) is 15.3. The second-order valence-electron chi connectivity index (χ2n) is 14.1. The molecule has 0 amide bonds. The van der Waals surface area contributed by atoms with Gasteiger partial charge in [0, 0.05) is 27.5 Å². The third kappa shape index (κ3) is 5.51. The molecule has 4 nitrogen and oxygen atoms in total. The minimum absolute atomic E-state index is 0.582. The molecule has 0 saturated heterocycles. The van der Waals surface area contributed by atoms with Crippen molar-refractivity contribution in [3.05, 3.63) is 188 Å². The summed E-state index contributed by atoms with van der Waals surface area (Å²) in [6.07, 6.45) is 0. The first-order valence-electron chi connectivity index (χ1n) is 18.5. The van der Waals surface area contributed by atoms with Crippen LogP contribution in [-0.2, 0) is 0 Å². The van der Waals surface area contributed by atoms with Gasteiger partial charge in [0.15, 0.2) is 17.5 Å². The summed E-state index contributed by atoms with van der Waals surface area (Å²) in [7, 11) is 0. The third-order valence-electron chi connectivity index (χ3n) is 10.6. The first-order valence-corrected chi connectivity index (χ1v) is 18.5. The molecule has 0 N–H and O–H groups in total. The first kappa shape index (κ1) is 31.1. The Morgan fingerprint density at radius 3 is 1.42 bits per heavy atom. The number of furan rings is 1. The molecule has 55 heavy (non-hydrogen) atoms. The zero-order valence-electron chi connectivity index (χ0n) is 29.6. The van der Waals surface area contributed by atoms with Gasteiger partial charge in [-0.1, -0.05) is 146 Å². The number of rotatable bonds is 5. The van der Waals surface area contributed by atoms with Gasteiger partial charge < -0.3 is 4.42 Å². The molecule has 11 aromatic rings. The minimum atomic E-state index is 0.582. The van der Waals surface area contributed by atoms with E-state index in [4.69, 9.17) is 19.4 Å². The number of benzene rings is 9. The van der Waals surface area contributed by atoms with E-state index in [1.54, 1.807) is 0 Å². The summed E-state index contributed by atoms with van der Waals surface area (Å²) in [6.45, 7) is 0. The van der Waals surface area contributed by atoms with Crippen LogP contribution in [0, 0.1) is 0 Å². The van der Waals surface area contributed by atoms with Crippen LogP contribution < -0.4 is 0 Å². The predicted octanol–water partition coefficient (Wildman–Crippen LogP) is 13.6. The summed E-state index contributed by atoms with van der Waals surface area (Å²) in [5.41, 5.74) is 8.77. The predicted molar refractivity (Wildman–Crippen MR) is 227 cm³/mol. The summed E-state index contributed by atoms with van der Waals surface area (Å²) in [5.74, 6) is 1.82. The van der Waals surface area contributed by atoms with Crippen LogP contribution in [0.4, 0.5) is 0 Å². The molecule has 0 fully saturated rings. The maximum absolute atomic E-state index is 6.73. The zero-order chi connectivity index (χ0) is 36.3. The molecule has 0 bridgehead atoms. The molecule has 9 aromatic carbocycles. The molecule has 0 atom stereocenters. The van der Waals surface area contributed by atoms with E-state index in [2.05, 4.69) is 158 Å². The van der Waals surface area contributed by atoms with E-state index in [0.29, 0.717) is 17.5 Å². The zero-order valence-corrected chi connectivity index (χ0v) is 29.6. The molecule has 0 radical (unpaired) electrons. The molecule has 0 spiro atoms. The van der Waals surface area contributed by atoms with Gasteiger partial charge in [0.2, 0.25) is 0 Å². The van der Waals surface area contributed by atoms with Crippen LogP contribution >= 0.6 is 0 Å². The molecule has 2 aromatic heterocycles. The Morgan fingerprint density at radius 2 is 0.764 bits per heavy atom. The smallest absolute Gasteiger partial charge is 0.164 e. The maximum atomic E-state index is 6.73. The van der Waals surface area contributed by atoms with E-state index in [0.717, 1.165) is 60.7 Å². The first-order chi connectivity index (χ1) is 27.2. The fourth-order valence-electron chi connectivity index (χ4n) is 7.85. The lowest BCUT2D eigenvalue weighted by atomic mass is 9.94. The van der Waals surface area contributed by atoms with Crippen molar-refractivity contribution in [3.63, 3.8) is 0 Å². The van der Waals surface area contributed by atoms with Crippen molar-refractivity contribution in [2.75, 3.05) is 0 Å². The molecule has 11 rings (SSSR count). The van der Waals surface area contributed by atoms with Crippen molar-refractivity contribution < 1.29 is 4.42 Å². The largest absolute Gasteiger partial charge is 0.456 e. The quantitative estimate of drug-likeness (QED) is 0.179. The van der Waals surface area contributed by atoms with Crippen molar-refractivity contribution in [1.29, 1.82) is 0 Å². The van der Waals surface area contributed by atoms with Gasteiger partial charge in [0.05, 0.1) is 0 Å². The summed E-state index contributed by atoms with van der Waals surface area (Å²) >= 11 is 0. The second kappa shape index (κ2) is 12.6. The highest BCUT2D eigenvalue weighted by Crippen LogP contribution is 2.42. The van der Waals surface area contributed by atoms with Crippen LogP contribution in [0.5, 0.6) is 0 Å². The van der Waals surface area contributed by atoms with Gasteiger partial charge in [-0.25, -0.2) is 15.0 Å². The maximum Gasteiger partial charge on any atom is 0.164 e. The SMILES string of the molecule is c1ccc(-c2nc(-c3ccc4ccccc4c3)nc(-c3cc(-c4ccc5ccccc5c4)c4c(c3)oc3ccc(-c5ccc6ccccc6c5)cc34)n2)cc1. The Bertz CT molecular complexity index is 3270. The lowest BCUT2D eigenvalue weighted by Crippen LogP contribution is -2.00. The van der Waals surface area contributed by atoms with Gasteiger partial charge in [-0.3, -0.25) is 0 Å². The van der Waals surface area contributed by atoms with Gasteiger partial charge in [0.1, 0.15) is 11.2 Å². The molecule has 4 heteroatoms. The Kier molecular flexibility index (Phi) is 7.14. The van der Waals surface area contributed by atoms with Crippen molar-refractivity contribution in [2.45, 2.75) is 0 Å². The van der Waals surface area contributed by atoms with E-state index >= 15 is 0 Å². The average molecular weight is 702 g/mol. The number of hydrogen-bond donors (Lipinski definition) is 0. The fourth-order valence-corrected chi connectivity index (χ4v) is 7.85. The van der Waals surface area contributed by atoms with E-state index in [1.807, 2.05) is 30.3 Å². The van der Waals surface area contributed by atoms with Crippen LogP contribution in [0.25, 0.3) is 111 Å². The van der Waals surface area contributed by atoms with E-state index in [-0.39, 0.29) is 0 Å². The van der Waals surface area contributed by atoms with Crippen LogP contribution in [0.1, 0.15) is 0 Å². The van der Waals surface area contributed by atoms with Gasteiger partial charge in [-0.2, -0.15) is 0 Å².